The number of aliphatic imine (C=N–C) groups is 2. The lowest BCUT2D eigenvalue weighted by molar-refractivity contribution is 1.35. The van der Waals surface area contributed by atoms with E-state index >= 15 is 0 Å². The molecule has 0 bridgehead atoms. The van der Waals surface area contributed by atoms with Crippen molar-refractivity contribution in [2.24, 2.45) is 9.98 Å². The lowest BCUT2D eigenvalue weighted by Gasteiger charge is -2.07. The molecular formula is C26H19N3. The van der Waals surface area contributed by atoms with Gasteiger partial charge in [-0.25, -0.2) is 0 Å². The predicted molar refractivity (Wildman–Crippen MR) is 123 cm³/mol. The number of para-hydroxylation sites is 1. The maximum absolute atomic E-state index is 4.86. The molecule has 4 aromatic carbocycles. The summed E-state index contributed by atoms with van der Waals surface area (Å²) in [4.78, 5) is 12.7. The number of nitrogens with zero attached hydrogens (tertiary/aromatic N) is 2. The Labute approximate surface area is 169 Å². The lowest BCUT2D eigenvalue weighted by Crippen LogP contribution is -1.85. The second-order valence-corrected chi connectivity index (χ2v) is 6.89. The predicted octanol–water partition coefficient (Wildman–Crippen LogP) is 6.82. The molecule has 29 heavy (non-hydrogen) atoms. The lowest BCUT2D eigenvalue weighted by atomic mass is 10.0. The van der Waals surface area contributed by atoms with Gasteiger partial charge in [0.1, 0.15) is 0 Å². The van der Waals surface area contributed by atoms with E-state index in [4.69, 9.17) is 4.99 Å². The normalized spacial score (nSPS) is 11.9. The minimum atomic E-state index is 0.930. The van der Waals surface area contributed by atoms with Crippen LogP contribution in [0.3, 0.4) is 0 Å². The summed E-state index contributed by atoms with van der Waals surface area (Å²) >= 11 is 0. The van der Waals surface area contributed by atoms with Crippen LogP contribution < -0.4 is 0 Å². The molecule has 0 aliphatic rings. The van der Waals surface area contributed by atoms with Gasteiger partial charge in [-0.2, -0.15) is 0 Å². The molecular weight excluding hydrogens is 354 g/mol. The van der Waals surface area contributed by atoms with E-state index in [-0.39, 0.29) is 0 Å². The highest BCUT2D eigenvalue weighted by atomic mass is 14.8. The first-order valence-corrected chi connectivity index (χ1v) is 9.59. The molecule has 1 aromatic heterocycles. The van der Waals surface area contributed by atoms with Gasteiger partial charge in [-0.15, -0.1) is 0 Å². The van der Waals surface area contributed by atoms with Crippen molar-refractivity contribution in [1.82, 2.24) is 4.98 Å². The van der Waals surface area contributed by atoms with Crippen LogP contribution in [0.1, 0.15) is 11.4 Å². The topological polar surface area (TPSA) is 40.5 Å². The van der Waals surface area contributed by atoms with Gasteiger partial charge in [0.25, 0.3) is 0 Å². The number of hydrogen-bond donors (Lipinski definition) is 1. The first-order valence-electron chi connectivity index (χ1n) is 9.59. The highest BCUT2D eigenvalue weighted by Crippen LogP contribution is 2.34. The Morgan fingerprint density at radius 2 is 1.10 bits per heavy atom. The van der Waals surface area contributed by atoms with Crippen molar-refractivity contribution in [3.05, 3.63) is 108 Å². The number of hydrogen-bond acceptors (Lipinski definition) is 2. The maximum Gasteiger partial charge on any atom is 0.0787 e. The molecule has 0 unspecified atom stereocenters. The van der Waals surface area contributed by atoms with Gasteiger partial charge in [0.05, 0.1) is 35.2 Å². The van der Waals surface area contributed by atoms with E-state index in [2.05, 4.69) is 64.6 Å². The summed E-state index contributed by atoms with van der Waals surface area (Å²) in [7, 11) is 0. The van der Waals surface area contributed by atoms with Crippen molar-refractivity contribution in [3.63, 3.8) is 0 Å². The van der Waals surface area contributed by atoms with E-state index < -0.39 is 0 Å². The summed E-state index contributed by atoms with van der Waals surface area (Å²) in [6.45, 7) is 0. The van der Waals surface area contributed by atoms with E-state index in [1.165, 1.54) is 10.8 Å². The standard InChI is InChI=1S/C26H19N3/c1-2-10-21(11-3-1)27-17-22-14-15-23(29-22)18-28-26-24-12-6-4-8-19(24)16-20-9-5-7-13-25(20)26/h1-18,29H. The van der Waals surface area contributed by atoms with Gasteiger partial charge >= 0.3 is 0 Å². The second-order valence-electron chi connectivity index (χ2n) is 6.89. The Morgan fingerprint density at radius 3 is 1.76 bits per heavy atom. The van der Waals surface area contributed by atoms with Crippen molar-refractivity contribution >= 4 is 45.3 Å². The van der Waals surface area contributed by atoms with Crippen LogP contribution in [0.5, 0.6) is 0 Å². The quantitative estimate of drug-likeness (QED) is 0.265. The summed E-state index contributed by atoms with van der Waals surface area (Å²) in [6.07, 6.45) is 3.72. The van der Waals surface area contributed by atoms with E-state index in [9.17, 15) is 0 Å². The average molecular weight is 373 g/mol. The van der Waals surface area contributed by atoms with Crippen LogP contribution in [0.4, 0.5) is 11.4 Å². The molecule has 0 fully saturated rings. The molecule has 0 saturated heterocycles. The Hall–Kier alpha value is -3.98. The molecule has 0 aliphatic heterocycles. The van der Waals surface area contributed by atoms with Gasteiger partial charge in [-0.05, 0) is 41.1 Å². The molecule has 5 rings (SSSR count). The number of aromatic amines is 1. The average Bonchev–Trinajstić information content (AvgIpc) is 3.24. The van der Waals surface area contributed by atoms with Gasteiger partial charge in [-0.1, -0.05) is 66.7 Å². The van der Waals surface area contributed by atoms with Crippen molar-refractivity contribution < 1.29 is 0 Å². The van der Waals surface area contributed by atoms with Crippen LogP contribution in [-0.4, -0.2) is 17.4 Å². The van der Waals surface area contributed by atoms with Crippen molar-refractivity contribution in [1.29, 1.82) is 0 Å². The van der Waals surface area contributed by atoms with Crippen LogP contribution in [0.25, 0.3) is 21.5 Å². The van der Waals surface area contributed by atoms with Crippen LogP contribution in [-0.2, 0) is 0 Å². The molecule has 0 saturated carbocycles. The van der Waals surface area contributed by atoms with Crippen molar-refractivity contribution in [2.75, 3.05) is 0 Å². The van der Waals surface area contributed by atoms with Crippen molar-refractivity contribution in [2.45, 2.75) is 0 Å². The minimum absolute atomic E-state index is 0.930. The fourth-order valence-electron chi connectivity index (χ4n) is 3.50. The van der Waals surface area contributed by atoms with Gasteiger partial charge < -0.3 is 4.98 Å². The Balaban J connectivity index is 1.49. The zero-order chi connectivity index (χ0) is 19.5. The highest BCUT2D eigenvalue weighted by Gasteiger charge is 2.06. The molecule has 3 nitrogen and oxygen atoms in total. The Bertz CT molecular complexity index is 1290. The van der Waals surface area contributed by atoms with E-state index in [1.54, 1.807) is 0 Å². The molecule has 0 radical (unpaired) electrons. The first kappa shape index (κ1) is 17.1. The van der Waals surface area contributed by atoms with Crippen molar-refractivity contribution in [3.8, 4) is 0 Å². The number of benzene rings is 4. The number of nitrogens with one attached hydrogen (secondary N) is 1. The van der Waals surface area contributed by atoms with E-state index in [0.29, 0.717) is 0 Å². The summed E-state index contributed by atoms with van der Waals surface area (Å²) in [5.74, 6) is 0. The number of rotatable bonds is 4. The molecule has 1 heterocycles. The molecule has 0 spiro atoms. The number of aromatic nitrogens is 1. The third-order valence-corrected chi connectivity index (χ3v) is 4.92. The molecule has 0 aliphatic carbocycles. The van der Waals surface area contributed by atoms with Crippen LogP contribution >= 0.6 is 0 Å². The number of H-pyrrole nitrogens is 1. The van der Waals surface area contributed by atoms with Gasteiger partial charge in [-0.3, -0.25) is 9.98 Å². The summed E-state index contributed by atoms with van der Waals surface area (Å²) in [5.41, 5.74) is 3.81. The number of fused-ring (bicyclic) bond motifs is 2. The van der Waals surface area contributed by atoms with Gasteiger partial charge in [0.2, 0.25) is 0 Å². The maximum atomic E-state index is 4.86. The third kappa shape index (κ3) is 3.58. The first-order chi connectivity index (χ1) is 14.4. The molecule has 0 amide bonds. The van der Waals surface area contributed by atoms with Crippen LogP contribution in [0.2, 0.25) is 0 Å². The molecule has 3 heteroatoms. The van der Waals surface area contributed by atoms with E-state index in [0.717, 1.165) is 33.5 Å². The molecule has 138 valence electrons. The van der Waals surface area contributed by atoms with Crippen LogP contribution in [0.15, 0.2) is 107 Å². The molecule has 0 atom stereocenters. The zero-order valence-electron chi connectivity index (χ0n) is 15.8. The Kier molecular flexibility index (Phi) is 4.47. The minimum Gasteiger partial charge on any atom is -0.353 e. The Morgan fingerprint density at radius 1 is 0.552 bits per heavy atom. The fourth-order valence-corrected chi connectivity index (χ4v) is 3.50. The van der Waals surface area contributed by atoms with E-state index in [1.807, 2.05) is 54.9 Å². The summed E-state index contributed by atoms with van der Waals surface area (Å²) in [5, 5.41) is 4.70. The van der Waals surface area contributed by atoms with Gasteiger partial charge in [0, 0.05) is 10.8 Å². The molecule has 1 N–H and O–H groups in total. The smallest absolute Gasteiger partial charge is 0.0787 e. The summed E-state index contributed by atoms with van der Waals surface area (Å²) in [6, 6.07) is 32.9. The monoisotopic (exact) mass is 373 g/mol. The van der Waals surface area contributed by atoms with Gasteiger partial charge in [0.15, 0.2) is 0 Å². The third-order valence-electron chi connectivity index (χ3n) is 4.92. The zero-order valence-corrected chi connectivity index (χ0v) is 15.8. The fraction of sp³-hybridized carbons (Fsp3) is 0. The SMILES string of the molecule is C(=Nc1ccccc1)c1ccc(C=Nc2c3ccccc3cc3ccccc23)[nH]1. The largest absolute Gasteiger partial charge is 0.353 e. The molecule has 5 aromatic rings. The highest BCUT2D eigenvalue weighted by molar-refractivity contribution is 6.10. The summed E-state index contributed by atoms with van der Waals surface area (Å²) < 4.78 is 0. The van der Waals surface area contributed by atoms with Crippen LogP contribution in [0, 0.1) is 0 Å². The second kappa shape index (κ2) is 7.56.